The monoisotopic (exact) mass is 442 g/mol. The molecule has 1 aliphatic heterocycles. The van der Waals surface area contributed by atoms with E-state index >= 15 is 0 Å². The van der Waals surface area contributed by atoms with Gasteiger partial charge in [-0.15, -0.1) is 0 Å². The molecular weight excluding hydrogens is 412 g/mol. The standard InChI is InChI=1S/C27H30N4O2/c1-20(2)30-26(33)27(11-5-15-31(19-27)25(32)24-8-4-12-29-18-24)17-21-6-3-7-23(16-21)22-9-13-28-14-10-22/h3-4,6-10,12-14,16,18,20H,5,11,15,17,19H2,1-2H3,(H,30,33)/t27-/m1/s1. The fourth-order valence-corrected chi connectivity index (χ4v) is 4.60. The van der Waals surface area contributed by atoms with Gasteiger partial charge in [0.1, 0.15) is 0 Å². The summed E-state index contributed by atoms with van der Waals surface area (Å²) in [7, 11) is 0. The lowest BCUT2D eigenvalue weighted by atomic mass is 9.73. The first-order valence-corrected chi connectivity index (χ1v) is 11.5. The fraction of sp³-hybridized carbons (Fsp3) is 0.333. The normalized spacial score (nSPS) is 18.2. The van der Waals surface area contributed by atoms with Gasteiger partial charge in [-0.2, -0.15) is 0 Å². The molecule has 4 rings (SSSR count). The number of benzene rings is 1. The molecule has 3 aromatic rings. The SMILES string of the molecule is CC(C)NC(=O)[C@@]1(Cc2cccc(-c3ccncc3)c2)CCCN(C(=O)c2cccnc2)C1. The highest BCUT2D eigenvalue weighted by Crippen LogP contribution is 2.36. The van der Waals surface area contributed by atoms with Crippen LogP contribution in [0.4, 0.5) is 0 Å². The van der Waals surface area contributed by atoms with E-state index in [0.29, 0.717) is 25.1 Å². The second kappa shape index (κ2) is 9.94. The highest BCUT2D eigenvalue weighted by molar-refractivity contribution is 5.94. The quantitative estimate of drug-likeness (QED) is 0.623. The minimum absolute atomic E-state index is 0.00972. The predicted molar refractivity (Wildman–Crippen MR) is 128 cm³/mol. The van der Waals surface area contributed by atoms with Crippen molar-refractivity contribution in [2.45, 2.75) is 39.2 Å². The van der Waals surface area contributed by atoms with Gasteiger partial charge in [0.2, 0.25) is 5.91 Å². The number of pyridine rings is 2. The zero-order valence-corrected chi connectivity index (χ0v) is 19.2. The summed E-state index contributed by atoms with van der Waals surface area (Å²) in [5.74, 6) is -0.0643. The third-order valence-corrected chi connectivity index (χ3v) is 6.16. The van der Waals surface area contributed by atoms with Crippen molar-refractivity contribution in [3.8, 4) is 11.1 Å². The summed E-state index contributed by atoms with van der Waals surface area (Å²) in [6, 6.07) is 15.8. The van der Waals surface area contributed by atoms with Crippen LogP contribution in [0.1, 0.15) is 42.6 Å². The van der Waals surface area contributed by atoms with Gasteiger partial charge in [-0.3, -0.25) is 19.6 Å². The van der Waals surface area contributed by atoms with Crippen LogP contribution in [0.25, 0.3) is 11.1 Å². The lowest BCUT2D eigenvalue weighted by Crippen LogP contribution is -2.55. The molecule has 1 N–H and O–H groups in total. The van der Waals surface area contributed by atoms with Gasteiger partial charge in [0.05, 0.1) is 11.0 Å². The van der Waals surface area contributed by atoms with Gasteiger partial charge < -0.3 is 10.2 Å². The molecule has 0 radical (unpaired) electrons. The Morgan fingerprint density at radius 2 is 1.85 bits per heavy atom. The van der Waals surface area contributed by atoms with Gasteiger partial charge >= 0.3 is 0 Å². The summed E-state index contributed by atoms with van der Waals surface area (Å²) < 4.78 is 0. The molecule has 1 fully saturated rings. The molecule has 0 aliphatic carbocycles. The topological polar surface area (TPSA) is 75.2 Å². The molecule has 0 unspecified atom stereocenters. The van der Waals surface area contributed by atoms with E-state index in [9.17, 15) is 9.59 Å². The molecular formula is C27H30N4O2. The maximum absolute atomic E-state index is 13.5. The minimum atomic E-state index is -0.683. The van der Waals surface area contributed by atoms with Crippen molar-refractivity contribution in [2.24, 2.45) is 5.41 Å². The van der Waals surface area contributed by atoms with Gasteiger partial charge in [-0.25, -0.2) is 0 Å². The van der Waals surface area contributed by atoms with Crippen molar-refractivity contribution in [1.29, 1.82) is 0 Å². The molecule has 1 atom stereocenters. The first kappa shape index (κ1) is 22.6. The van der Waals surface area contributed by atoms with Crippen molar-refractivity contribution in [2.75, 3.05) is 13.1 Å². The average molecular weight is 443 g/mol. The molecule has 6 nitrogen and oxygen atoms in total. The Morgan fingerprint density at radius 1 is 1.03 bits per heavy atom. The van der Waals surface area contributed by atoms with Crippen LogP contribution in [0, 0.1) is 5.41 Å². The molecule has 0 spiro atoms. The van der Waals surface area contributed by atoms with Crippen LogP contribution < -0.4 is 5.32 Å². The smallest absolute Gasteiger partial charge is 0.255 e. The number of aromatic nitrogens is 2. The van der Waals surface area contributed by atoms with E-state index in [-0.39, 0.29) is 17.9 Å². The largest absolute Gasteiger partial charge is 0.353 e. The van der Waals surface area contributed by atoms with Crippen LogP contribution in [0.3, 0.4) is 0 Å². The highest BCUT2D eigenvalue weighted by Gasteiger charge is 2.43. The Labute approximate surface area is 195 Å². The number of amides is 2. The first-order valence-electron chi connectivity index (χ1n) is 11.5. The van der Waals surface area contributed by atoms with E-state index in [0.717, 1.165) is 29.5 Å². The van der Waals surface area contributed by atoms with Crippen molar-refractivity contribution in [3.05, 3.63) is 84.4 Å². The number of carbonyl (C=O) groups excluding carboxylic acids is 2. The number of rotatable bonds is 6. The van der Waals surface area contributed by atoms with Gasteiger partial charge in [-0.1, -0.05) is 24.3 Å². The summed E-state index contributed by atoms with van der Waals surface area (Å²) in [6.45, 7) is 4.97. The molecule has 2 aromatic heterocycles. The number of likely N-dealkylation sites (tertiary alicyclic amines) is 1. The van der Waals surface area contributed by atoms with E-state index in [1.807, 2.05) is 36.9 Å². The molecule has 1 aliphatic rings. The second-order valence-electron chi connectivity index (χ2n) is 9.09. The maximum Gasteiger partial charge on any atom is 0.255 e. The number of nitrogens with zero attached hydrogens (tertiary/aromatic N) is 3. The summed E-state index contributed by atoms with van der Waals surface area (Å²) in [4.78, 5) is 36.7. The second-order valence-corrected chi connectivity index (χ2v) is 9.09. The summed E-state index contributed by atoms with van der Waals surface area (Å²) in [5.41, 5.74) is 3.13. The first-order chi connectivity index (χ1) is 16.0. The lowest BCUT2D eigenvalue weighted by molar-refractivity contribution is -0.134. The molecule has 1 aromatic carbocycles. The van der Waals surface area contributed by atoms with E-state index in [2.05, 4.69) is 33.5 Å². The van der Waals surface area contributed by atoms with Crippen LogP contribution in [0.5, 0.6) is 0 Å². The Balaban J connectivity index is 1.64. The molecule has 33 heavy (non-hydrogen) atoms. The maximum atomic E-state index is 13.5. The van der Waals surface area contributed by atoms with E-state index in [1.54, 1.807) is 36.9 Å². The molecule has 0 bridgehead atoms. The Bertz CT molecular complexity index is 1100. The van der Waals surface area contributed by atoms with Crippen LogP contribution in [-0.2, 0) is 11.2 Å². The average Bonchev–Trinajstić information content (AvgIpc) is 2.84. The highest BCUT2D eigenvalue weighted by atomic mass is 16.2. The Hall–Kier alpha value is -3.54. The number of piperidine rings is 1. The Kier molecular flexibility index (Phi) is 6.82. The van der Waals surface area contributed by atoms with Crippen LogP contribution >= 0.6 is 0 Å². The minimum Gasteiger partial charge on any atom is -0.353 e. The summed E-state index contributed by atoms with van der Waals surface area (Å²) >= 11 is 0. The molecule has 3 heterocycles. The molecule has 2 amide bonds. The van der Waals surface area contributed by atoms with Gasteiger partial charge in [0, 0.05) is 43.9 Å². The third-order valence-electron chi connectivity index (χ3n) is 6.16. The molecule has 0 saturated carbocycles. The Morgan fingerprint density at radius 3 is 2.58 bits per heavy atom. The van der Waals surface area contributed by atoms with Crippen molar-refractivity contribution in [3.63, 3.8) is 0 Å². The van der Waals surface area contributed by atoms with Crippen LogP contribution in [0.15, 0.2) is 73.3 Å². The number of hydrogen-bond donors (Lipinski definition) is 1. The number of carbonyl (C=O) groups is 2. The zero-order valence-electron chi connectivity index (χ0n) is 19.2. The molecule has 6 heteroatoms. The van der Waals surface area contributed by atoms with Crippen molar-refractivity contribution in [1.82, 2.24) is 20.2 Å². The third kappa shape index (κ3) is 5.28. The predicted octanol–water partition coefficient (Wildman–Crippen LogP) is 4.13. The summed E-state index contributed by atoms with van der Waals surface area (Å²) in [5, 5.41) is 3.12. The van der Waals surface area contributed by atoms with Crippen LogP contribution in [0.2, 0.25) is 0 Å². The van der Waals surface area contributed by atoms with E-state index in [1.165, 1.54) is 0 Å². The lowest BCUT2D eigenvalue weighted by Gasteiger charge is -2.42. The number of hydrogen-bond acceptors (Lipinski definition) is 4. The van der Waals surface area contributed by atoms with Crippen LogP contribution in [-0.4, -0.2) is 45.8 Å². The van der Waals surface area contributed by atoms with E-state index in [4.69, 9.17) is 0 Å². The fourth-order valence-electron chi connectivity index (χ4n) is 4.60. The number of nitrogens with one attached hydrogen (secondary N) is 1. The summed E-state index contributed by atoms with van der Waals surface area (Å²) in [6.07, 6.45) is 8.89. The molecule has 170 valence electrons. The van der Waals surface area contributed by atoms with Gasteiger partial charge in [0.15, 0.2) is 0 Å². The molecule has 1 saturated heterocycles. The zero-order chi connectivity index (χ0) is 23.3. The van der Waals surface area contributed by atoms with Crippen molar-refractivity contribution >= 4 is 11.8 Å². The van der Waals surface area contributed by atoms with Gasteiger partial charge in [-0.05, 0) is 74.1 Å². The van der Waals surface area contributed by atoms with E-state index < -0.39 is 5.41 Å². The van der Waals surface area contributed by atoms with Gasteiger partial charge in [0.25, 0.3) is 5.91 Å². The van der Waals surface area contributed by atoms with Crippen molar-refractivity contribution < 1.29 is 9.59 Å².